The maximum absolute atomic E-state index is 4.21. The molecule has 2 N–H and O–H groups in total. The minimum absolute atomic E-state index is 0.689. The molecule has 1 saturated carbocycles. The third-order valence-corrected chi connectivity index (χ3v) is 3.20. The van der Waals surface area contributed by atoms with E-state index in [1.807, 2.05) is 6.20 Å². The summed E-state index contributed by atoms with van der Waals surface area (Å²) in [4.78, 5) is 7.33. The molecule has 0 aromatic carbocycles. The van der Waals surface area contributed by atoms with Gasteiger partial charge >= 0.3 is 0 Å². The molecule has 0 saturated heterocycles. The Kier molecular flexibility index (Phi) is 3.19. The van der Waals surface area contributed by atoms with Gasteiger partial charge in [-0.15, -0.1) is 0 Å². The highest BCUT2D eigenvalue weighted by molar-refractivity contribution is 4.88. The summed E-state index contributed by atoms with van der Waals surface area (Å²) in [5.41, 5.74) is 0. The summed E-state index contributed by atoms with van der Waals surface area (Å²) < 4.78 is 0. The monoisotopic (exact) mass is 193 g/mol. The van der Waals surface area contributed by atoms with Crippen molar-refractivity contribution in [3.05, 3.63) is 18.2 Å². The van der Waals surface area contributed by atoms with Gasteiger partial charge in [0.1, 0.15) is 5.82 Å². The van der Waals surface area contributed by atoms with Crippen LogP contribution >= 0.6 is 0 Å². The van der Waals surface area contributed by atoms with Crippen molar-refractivity contribution in [1.29, 1.82) is 0 Å². The Morgan fingerprint density at radius 2 is 2.36 bits per heavy atom. The first-order chi connectivity index (χ1) is 6.86. The van der Waals surface area contributed by atoms with Gasteiger partial charge in [0, 0.05) is 18.4 Å². The molecule has 14 heavy (non-hydrogen) atoms. The molecule has 3 nitrogen and oxygen atoms in total. The van der Waals surface area contributed by atoms with Crippen LogP contribution in [0.3, 0.4) is 0 Å². The number of aromatic amines is 1. The van der Waals surface area contributed by atoms with Crippen LogP contribution in [0, 0.1) is 5.92 Å². The third kappa shape index (κ3) is 2.35. The Labute approximate surface area is 85.3 Å². The van der Waals surface area contributed by atoms with Crippen molar-refractivity contribution >= 4 is 0 Å². The van der Waals surface area contributed by atoms with Crippen LogP contribution in [0.1, 0.15) is 38.4 Å². The predicted octanol–water partition coefficient (Wildman–Crippen LogP) is 2.08. The van der Waals surface area contributed by atoms with Crippen molar-refractivity contribution in [3.63, 3.8) is 0 Å². The highest BCUT2D eigenvalue weighted by Crippen LogP contribution is 2.23. The zero-order chi connectivity index (χ0) is 9.80. The summed E-state index contributed by atoms with van der Waals surface area (Å²) in [5.74, 6) is 1.86. The lowest BCUT2D eigenvalue weighted by Crippen LogP contribution is -2.36. The molecule has 1 fully saturated rings. The minimum atomic E-state index is 0.689. The van der Waals surface area contributed by atoms with E-state index in [0.717, 1.165) is 18.3 Å². The summed E-state index contributed by atoms with van der Waals surface area (Å²) >= 11 is 0. The van der Waals surface area contributed by atoms with Gasteiger partial charge in [0.2, 0.25) is 0 Å². The molecule has 0 amide bonds. The molecule has 2 atom stereocenters. The third-order valence-electron chi connectivity index (χ3n) is 3.20. The molecule has 0 radical (unpaired) electrons. The number of nitrogens with zero attached hydrogens (tertiary/aromatic N) is 1. The summed E-state index contributed by atoms with van der Waals surface area (Å²) in [6.07, 6.45) is 9.15. The van der Waals surface area contributed by atoms with E-state index in [9.17, 15) is 0 Å². The highest BCUT2D eigenvalue weighted by atomic mass is 15.0. The lowest BCUT2D eigenvalue weighted by molar-refractivity contribution is 0.278. The topological polar surface area (TPSA) is 40.7 Å². The normalized spacial score (nSPS) is 27.8. The molecule has 1 aromatic heterocycles. The zero-order valence-electron chi connectivity index (χ0n) is 8.79. The average Bonchev–Trinajstić information content (AvgIpc) is 2.69. The van der Waals surface area contributed by atoms with Gasteiger partial charge in [-0.3, -0.25) is 0 Å². The second-order valence-corrected chi connectivity index (χ2v) is 4.29. The standard InChI is InChI=1S/C11H19N3/c1-9-4-2-3-5-10(9)14-8-11-12-6-7-13-11/h6-7,9-10,14H,2-5,8H2,1H3,(H,12,13)/t9-,10-/m1/s1. The summed E-state index contributed by atoms with van der Waals surface area (Å²) in [5, 5.41) is 3.58. The number of hydrogen-bond donors (Lipinski definition) is 2. The van der Waals surface area contributed by atoms with E-state index >= 15 is 0 Å². The molecule has 3 heteroatoms. The fourth-order valence-corrected chi connectivity index (χ4v) is 2.24. The fourth-order valence-electron chi connectivity index (χ4n) is 2.24. The van der Waals surface area contributed by atoms with Gasteiger partial charge in [-0.05, 0) is 18.8 Å². The molecule has 0 aliphatic heterocycles. The van der Waals surface area contributed by atoms with E-state index in [0.29, 0.717) is 6.04 Å². The van der Waals surface area contributed by atoms with Crippen LogP contribution in [0.4, 0.5) is 0 Å². The Morgan fingerprint density at radius 3 is 3.07 bits per heavy atom. The lowest BCUT2D eigenvalue weighted by atomic mass is 9.86. The number of nitrogens with one attached hydrogen (secondary N) is 2. The number of H-pyrrole nitrogens is 1. The highest BCUT2D eigenvalue weighted by Gasteiger charge is 2.20. The first-order valence-corrected chi connectivity index (χ1v) is 5.58. The van der Waals surface area contributed by atoms with Gasteiger partial charge < -0.3 is 10.3 Å². The number of hydrogen-bond acceptors (Lipinski definition) is 2. The van der Waals surface area contributed by atoms with Gasteiger partial charge in [0.05, 0.1) is 6.54 Å². The van der Waals surface area contributed by atoms with E-state index in [4.69, 9.17) is 0 Å². The molecule has 0 spiro atoms. The van der Waals surface area contributed by atoms with E-state index in [2.05, 4.69) is 22.2 Å². The van der Waals surface area contributed by atoms with Crippen LogP contribution in [-0.2, 0) is 6.54 Å². The Bertz CT molecular complexity index is 256. The van der Waals surface area contributed by atoms with Gasteiger partial charge in [0.15, 0.2) is 0 Å². The molecular weight excluding hydrogens is 174 g/mol. The maximum Gasteiger partial charge on any atom is 0.120 e. The van der Waals surface area contributed by atoms with Crippen molar-refractivity contribution in [1.82, 2.24) is 15.3 Å². The van der Waals surface area contributed by atoms with E-state index in [1.165, 1.54) is 25.7 Å². The zero-order valence-corrected chi connectivity index (χ0v) is 8.79. The quantitative estimate of drug-likeness (QED) is 0.771. The van der Waals surface area contributed by atoms with Crippen LogP contribution in [0.5, 0.6) is 0 Å². The molecule has 0 bridgehead atoms. The Hall–Kier alpha value is -0.830. The predicted molar refractivity (Wildman–Crippen MR) is 56.8 cm³/mol. The van der Waals surface area contributed by atoms with Crippen molar-refractivity contribution in [3.8, 4) is 0 Å². The number of aromatic nitrogens is 2. The smallest absolute Gasteiger partial charge is 0.120 e. The van der Waals surface area contributed by atoms with Crippen molar-refractivity contribution < 1.29 is 0 Å². The molecular formula is C11H19N3. The molecule has 78 valence electrons. The molecule has 1 aromatic rings. The van der Waals surface area contributed by atoms with Gasteiger partial charge in [0.25, 0.3) is 0 Å². The average molecular weight is 193 g/mol. The van der Waals surface area contributed by atoms with Crippen molar-refractivity contribution in [2.24, 2.45) is 5.92 Å². The first-order valence-electron chi connectivity index (χ1n) is 5.58. The Morgan fingerprint density at radius 1 is 1.50 bits per heavy atom. The van der Waals surface area contributed by atoms with Crippen LogP contribution in [0.15, 0.2) is 12.4 Å². The van der Waals surface area contributed by atoms with Gasteiger partial charge in [-0.2, -0.15) is 0 Å². The van der Waals surface area contributed by atoms with Crippen LogP contribution in [-0.4, -0.2) is 16.0 Å². The van der Waals surface area contributed by atoms with Crippen molar-refractivity contribution in [2.45, 2.75) is 45.2 Å². The van der Waals surface area contributed by atoms with E-state index in [-0.39, 0.29) is 0 Å². The van der Waals surface area contributed by atoms with Crippen LogP contribution < -0.4 is 5.32 Å². The van der Waals surface area contributed by atoms with Crippen molar-refractivity contribution in [2.75, 3.05) is 0 Å². The van der Waals surface area contributed by atoms with E-state index < -0.39 is 0 Å². The van der Waals surface area contributed by atoms with Gasteiger partial charge in [-0.1, -0.05) is 19.8 Å². The molecule has 1 aliphatic carbocycles. The molecule has 0 unspecified atom stereocenters. The molecule has 2 rings (SSSR count). The van der Waals surface area contributed by atoms with Gasteiger partial charge in [-0.25, -0.2) is 4.98 Å². The Balaban J connectivity index is 1.79. The minimum Gasteiger partial charge on any atom is -0.348 e. The fraction of sp³-hybridized carbons (Fsp3) is 0.727. The first kappa shape index (κ1) is 9.71. The second-order valence-electron chi connectivity index (χ2n) is 4.29. The number of rotatable bonds is 3. The van der Waals surface area contributed by atoms with E-state index in [1.54, 1.807) is 6.20 Å². The van der Waals surface area contributed by atoms with Crippen LogP contribution in [0.25, 0.3) is 0 Å². The summed E-state index contributed by atoms with van der Waals surface area (Å²) in [6, 6.07) is 0.689. The largest absolute Gasteiger partial charge is 0.348 e. The number of imidazole rings is 1. The second kappa shape index (κ2) is 4.60. The SMILES string of the molecule is C[C@@H]1CCCC[C@H]1NCc1ncc[nH]1. The molecule has 1 heterocycles. The summed E-state index contributed by atoms with van der Waals surface area (Å²) in [7, 11) is 0. The lowest BCUT2D eigenvalue weighted by Gasteiger charge is -2.29. The summed E-state index contributed by atoms with van der Waals surface area (Å²) in [6.45, 7) is 3.22. The maximum atomic E-state index is 4.21. The van der Waals surface area contributed by atoms with Crippen LogP contribution in [0.2, 0.25) is 0 Å². The molecule has 1 aliphatic rings.